The highest BCUT2D eigenvalue weighted by Crippen LogP contribution is 2.29. The normalized spacial score (nSPS) is 35.5. The summed E-state index contributed by atoms with van der Waals surface area (Å²) >= 11 is 2.15. The Morgan fingerprint density at radius 1 is 1.09 bits per heavy atom. The van der Waals surface area contributed by atoms with Crippen molar-refractivity contribution < 1.29 is 0 Å². The van der Waals surface area contributed by atoms with Crippen LogP contribution in [0.25, 0.3) is 0 Å². The Morgan fingerprint density at radius 3 is 2.09 bits per heavy atom. The summed E-state index contributed by atoms with van der Waals surface area (Å²) in [7, 11) is 0. The van der Waals surface area contributed by atoms with Crippen molar-refractivity contribution in [1.29, 1.82) is 0 Å². The SMILES string of the molecule is C1NCC2CSCC1C2.CC. The molecule has 1 nitrogen and oxygen atoms in total. The molecule has 0 aromatic heterocycles. The van der Waals surface area contributed by atoms with Gasteiger partial charge in [-0.15, -0.1) is 0 Å². The van der Waals surface area contributed by atoms with E-state index in [9.17, 15) is 0 Å². The molecular weight excluding hydrogens is 154 g/mol. The van der Waals surface area contributed by atoms with Gasteiger partial charge >= 0.3 is 0 Å². The van der Waals surface area contributed by atoms with Crippen molar-refractivity contribution >= 4 is 11.8 Å². The number of hydrogen-bond acceptors (Lipinski definition) is 2. The number of rotatable bonds is 0. The number of thioether (sulfide) groups is 1. The van der Waals surface area contributed by atoms with Gasteiger partial charge in [-0.25, -0.2) is 0 Å². The second kappa shape index (κ2) is 5.04. The van der Waals surface area contributed by atoms with Crippen LogP contribution in [-0.2, 0) is 0 Å². The highest BCUT2D eigenvalue weighted by atomic mass is 32.2. The van der Waals surface area contributed by atoms with Gasteiger partial charge in [0, 0.05) is 0 Å². The minimum absolute atomic E-state index is 1.00. The van der Waals surface area contributed by atoms with Crippen LogP contribution in [0.15, 0.2) is 0 Å². The number of piperidine rings is 1. The summed E-state index contributed by atoms with van der Waals surface area (Å²) in [6, 6.07) is 0. The molecule has 0 aliphatic carbocycles. The molecule has 2 atom stereocenters. The van der Waals surface area contributed by atoms with Crippen molar-refractivity contribution in [1.82, 2.24) is 5.32 Å². The molecule has 1 N–H and O–H groups in total. The molecule has 0 saturated carbocycles. The van der Waals surface area contributed by atoms with E-state index in [1.807, 2.05) is 13.8 Å². The van der Waals surface area contributed by atoms with Crippen LogP contribution in [0, 0.1) is 11.8 Å². The Balaban J connectivity index is 0.000000281. The smallest absolute Gasteiger partial charge is 0.00124 e. The van der Waals surface area contributed by atoms with Crippen LogP contribution in [0.3, 0.4) is 0 Å². The van der Waals surface area contributed by atoms with Gasteiger partial charge in [0.25, 0.3) is 0 Å². The van der Waals surface area contributed by atoms with E-state index in [4.69, 9.17) is 0 Å². The van der Waals surface area contributed by atoms with E-state index in [1.54, 1.807) is 0 Å². The maximum Gasteiger partial charge on any atom is -0.00124 e. The van der Waals surface area contributed by atoms with Crippen molar-refractivity contribution in [2.24, 2.45) is 11.8 Å². The Bertz CT molecular complexity index is 85.7. The maximum atomic E-state index is 3.47. The van der Waals surface area contributed by atoms with Gasteiger partial charge in [-0.2, -0.15) is 11.8 Å². The third kappa shape index (κ3) is 2.68. The molecule has 2 heteroatoms. The third-order valence-electron chi connectivity index (χ3n) is 2.24. The van der Waals surface area contributed by atoms with Gasteiger partial charge in [0.05, 0.1) is 0 Å². The Morgan fingerprint density at radius 2 is 1.64 bits per heavy atom. The predicted octanol–water partition coefficient (Wildman–Crippen LogP) is 1.99. The zero-order valence-corrected chi connectivity index (χ0v) is 8.41. The van der Waals surface area contributed by atoms with Gasteiger partial charge in [0.1, 0.15) is 0 Å². The third-order valence-corrected chi connectivity index (χ3v) is 3.65. The first-order chi connectivity index (χ1) is 5.45. The van der Waals surface area contributed by atoms with Gasteiger partial charge in [0.15, 0.2) is 0 Å². The van der Waals surface area contributed by atoms with Crippen LogP contribution in [0.1, 0.15) is 20.3 Å². The summed E-state index contributed by atoms with van der Waals surface area (Å²) in [5.41, 5.74) is 0. The van der Waals surface area contributed by atoms with Crippen LogP contribution in [0.4, 0.5) is 0 Å². The Kier molecular flexibility index (Phi) is 4.31. The molecule has 2 aliphatic rings. The van der Waals surface area contributed by atoms with E-state index in [0.717, 1.165) is 11.8 Å². The van der Waals surface area contributed by atoms with Crippen molar-refractivity contribution in [3.8, 4) is 0 Å². The van der Waals surface area contributed by atoms with Gasteiger partial charge in [-0.1, -0.05) is 13.8 Å². The molecule has 2 rings (SSSR count). The molecule has 0 amide bonds. The quantitative estimate of drug-likeness (QED) is 0.601. The molecule has 0 radical (unpaired) electrons. The molecule has 66 valence electrons. The zero-order valence-electron chi connectivity index (χ0n) is 7.60. The number of fused-ring (bicyclic) bond motifs is 2. The number of nitrogens with one attached hydrogen (secondary N) is 1. The second-order valence-corrected chi connectivity index (χ2v) is 4.24. The molecule has 11 heavy (non-hydrogen) atoms. The first kappa shape index (κ1) is 9.40. The van der Waals surface area contributed by atoms with Gasteiger partial charge in [-0.05, 0) is 42.9 Å². The zero-order chi connectivity index (χ0) is 8.10. The van der Waals surface area contributed by atoms with E-state index in [0.29, 0.717) is 0 Å². The molecule has 2 heterocycles. The Labute approximate surface area is 74.3 Å². The summed E-state index contributed by atoms with van der Waals surface area (Å²) in [5, 5.41) is 3.47. The second-order valence-electron chi connectivity index (χ2n) is 3.16. The lowest BCUT2D eigenvalue weighted by Gasteiger charge is -2.34. The standard InChI is InChI=1S/C7H13NS.C2H6/c1-6-2-8-3-7(1)5-9-4-6;1-2/h6-8H,1-5H2;1-2H3. The summed E-state index contributed by atoms with van der Waals surface area (Å²) in [6.45, 7) is 6.56. The van der Waals surface area contributed by atoms with E-state index in [-0.39, 0.29) is 0 Å². The first-order valence-corrected chi connectivity index (χ1v) is 5.89. The minimum atomic E-state index is 1.00. The molecule has 2 saturated heterocycles. The van der Waals surface area contributed by atoms with Gasteiger partial charge < -0.3 is 5.32 Å². The van der Waals surface area contributed by atoms with E-state index < -0.39 is 0 Å². The Hall–Kier alpha value is 0.310. The van der Waals surface area contributed by atoms with Crippen molar-refractivity contribution in [2.75, 3.05) is 24.6 Å². The van der Waals surface area contributed by atoms with Crippen molar-refractivity contribution in [3.63, 3.8) is 0 Å². The number of hydrogen-bond donors (Lipinski definition) is 1. The van der Waals surface area contributed by atoms with Crippen LogP contribution >= 0.6 is 11.8 Å². The lowest BCUT2D eigenvalue weighted by molar-refractivity contribution is 0.319. The summed E-state index contributed by atoms with van der Waals surface area (Å²) in [5.74, 6) is 4.82. The lowest BCUT2D eigenvalue weighted by Crippen LogP contribution is -2.41. The van der Waals surface area contributed by atoms with E-state index in [1.165, 1.54) is 31.0 Å². The molecule has 0 spiro atoms. The minimum Gasteiger partial charge on any atom is -0.316 e. The summed E-state index contributed by atoms with van der Waals surface area (Å²) < 4.78 is 0. The topological polar surface area (TPSA) is 12.0 Å². The summed E-state index contributed by atoms with van der Waals surface area (Å²) in [6.07, 6.45) is 1.50. The molecule has 2 unspecified atom stereocenters. The van der Waals surface area contributed by atoms with Crippen LogP contribution in [0.5, 0.6) is 0 Å². The van der Waals surface area contributed by atoms with Crippen LogP contribution in [-0.4, -0.2) is 24.6 Å². The fraction of sp³-hybridized carbons (Fsp3) is 1.00. The van der Waals surface area contributed by atoms with E-state index >= 15 is 0 Å². The summed E-state index contributed by atoms with van der Waals surface area (Å²) in [4.78, 5) is 0. The van der Waals surface area contributed by atoms with Crippen LogP contribution in [0.2, 0.25) is 0 Å². The monoisotopic (exact) mass is 173 g/mol. The fourth-order valence-electron chi connectivity index (χ4n) is 1.78. The molecule has 2 aliphatic heterocycles. The largest absolute Gasteiger partial charge is 0.316 e. The maximum absolute atomic E-state index is 3.47. The van der Waals surface area contributed by atoms with Crippen molar-refractivity contribution in [3.05, 3.63) is 0 Å². The first-order valence-electron chi connectivity index (χ1n) is 4.73. The highest BCUT2D eigenvalue weighted by molar-refractivity contribution is 7.99. The molecule has 0 aromatic carbocycles. The predicted molar refractivity (Wildman–Crippen MR) is 53.1 cm³/mol. The van der Waals surface area contributed by atoms with Crippen LogP contribution < -0.4 is 5.32 Å². The van der Waals surface area contributed by atoms with E-state index in [2.05, 4.69) is 17.1 Å². The molecular formula is C9H19NS. The van der Waals surface area contributed by atoms with Gasteiger partial charge in [0.2, 0.25) is 0 Å². The molecule has 2 bridgehead atoms. The van der Waals surface area contributed by atoms with Crippen molar-refractivity contribution in [2.45, 2.75) is 20.3 Å². The average Bonchev–Trinajstić information content (AvgIpc) is 2.08. The fourth-order valence-corrected chi connectivity index (χ4v) is 3.10. The average molecular weight is 173 g/mol. The lowest BCUT2D eigenvalue weighted by atomic mass is 9.93. The highest BCUT2D eigenvalue weighted by Gasteiger charge is 2.25. The molecule has 0 aromatic rings. The van der Waals surface area contributed by atoms with Gasteiger partial charge in [-0.3, -0.25) is 0 Å². The molecule has 2 fully saturated rings.